The first-order valence-electron chi connectivity index (χ1n) is 8.34. The molecule has 0 amide bonds. The standard InChI is InChI=1S/C17H35N/c1-5-7-15-10-12-16(13-11-15)17(18-4)9-6-8-14(2)3/h14-18H,5-13H2,1-4H3. The van der Waals surface area contributed by atoms with Crippen LogP contribution in [0.15, 0.2) is 0 Å². The summed E-state index contributed by atoms with van der Waals surface area (Å²) in [4.78, 5) is 0. The molecule has 1 nitrogen and oxygen atoms in total. The van der Waals surface area contributed by atoms with Crippen molar-refractivity contribution >= 4 is 0 Å². The minimum atomic E-state index is 0.784. The van der Waals surface area contributed by atoms with Gasteiger partial charge in [-0.15, -0.1) is 0 Å². The van der Waals surface area contributed by atoms with Crippen LogP contribution in [-0.2, 0) is 0 Å². The monoisotopic (exact) mass is 253 g/mol. The fourth-order valence-corrected chi connectivity index (χ4v) is 3.65. The van der Waals surface area contributed by atoms with Crippen molar-refractivity contribution in [1.82, 2.24) is 5.32 Å². The molecular formula is C17H35N. The maximum absolute atomic E-state index is 3.59. The van der Waals surface area contributed by atoms with Gasteiger partial charge in [0.05, 0.1) is 0 Å². The lowest BCUT2D eigenvalue weighted by atomic mass is 9.76. The summed E-state index contributed by atoms with van der Waals surface area (Å²) in [6.07, 6.45) is 12.9. The third-order valence-corrected chi connectivity index (χ3v) is 4.82. The van der Waals surface area contributed by atoms with E-state index in [0.717, 1.165) is 23.8 Å². The van der Waals surface area contributed by atoms with Crippen LogP contribution in [-0.4, -0.2) is 13.1 Å². The van der Waals surface area contributed by atoms with Gasteiger partial charge in [-0.25, -0.2) is 0 Å². The SMILES string of the molecule is CCCC1CCC(C(CCCC(C)C)NC)CC1. The van der Waals surface area contributed by atoms with Gasteiger partial charge in [-0.05, 0) is 44.1 Å². The highest BCUT2D eigenvalue weighted by Gasteiger charge is 2.25. The Morgan fingerprint density at radius 3 is 2.22 bits per heavy atom. The average molecular weight is 253 g/mol. The van der Waals surface area contributed by atoms with Crippen LogP contribution in [0.3, 0.4) is 0 Å². The molecule has 0 aliphatic heterocycles. The van der Waals surface area contributed by atoms with Gasteiger partial charge in [-0.1, -0.05) is 59.3 Å². The van der Waals surface area contributed by atoms with E-state index >= 15 is 0 Å². The molecule has 0 aromatic rings. The lowest BCUT2D eigenvalue weighted by molar-refractivity contribution is 0.209. The Morgan fingerprint density at radius 1 is 1.06 bits per heavy atom. The van der Waals surface area contributed by atoms with E-state index in [2.05, 4.69) is 33.1 Å². The van der Waals surface area contributed by atoms with E-state index in [9.17, 15) is 0 Å². The molecule has 108 valence electrons. The van der Waals surface area contributed by atoms with Crippen molar-refractivity contribution < 1.29 is 0 Å². The molecule has 0 spiro atoms. The Bertz CT molecular complexity index is 192. The fraction of sp³-hybridized carbons (Fsp3) is 1.00. The van der Waals surface area contributed by atoms with Gasteiger partial charge in [0.25, 0.3) is 0 Å². The predicted molar refractivity (Wildman–Crippen MR) is 81.9 cm³/mol. The van der Waals surface area contributed by atoms with Crippen LogP contribution in [0.2, 0.25) is 0 Å². The van der Waals surface area contributed by atoms with Crippen molar-refractivity contribution in [2.75, 3.05) is 7.05 Å². The second kappa shape index (κ2) is 8.96. The second-order valence-electron chi connectivity index (χ2n) is 6.79. The molecule has 0 bridgehead atoms. The Morgan fingerprint density at radius 2 is 1.72 bits per heavy atom. The van der Waals surface area contributed by atoms with E-state index in [0.29, 0.717) is 0 Å². The van der Waals surface area contributed by atoms with E-state index < -0.39 is 0 Å². The Hall–Kier alpha value is -0.0400. The summed E-state index contributed by atoms with van der Waals surface area (Å²) in [7, 11) is 2.16. The summed E-state index contributed by atoms with van der Waals surface area (Å²) in [5, 5.41) is 3.59. The lowest BCUT2D eigenvalue weighted by Gasteiger charge is -2.34. The zero-order chi connectivity index (χ0) is 13.4. The van der Waals surface area contributed by atoms with Gasteiger partial charge in [0, 0.05) is 6.04 Å². The molecule has 0 aromatic heterocycles. The first-order chi connectivity index (χ1) is 8.67. The highest BCUT2D eigenvalue weighted by atomic mass is 14.9. The zero-order valence-electron chi connectivity index (χ0n) is 13.2. The molecule has 1 N–H and O–H groups in total. The van der Waals surface area contributed by atoms with Crippen molar-refractivity contribution in [3.8, 4) is 0 Å². The van der Waals surface area contributed by atoms with Crippen LogP contribution in [0, 0.1) is 17.8 Å². The molecule has 0 heterocycles. The summed E-state index contributed by atoms with van der Waals surface area (Å²) in [6.45, 7) is 7.00. The van der Waals surface area contributed by atoms with Crippen LogP contribution in [0.4, 0.5) is 0 Å². The summed E-state index contributed by atoms with van der Waals surface area (Å²) >= 11 is 0. The highest BCUT2D eigenvalue weighted by Crippen LogP contribution is 2.34. The van der Waals surface area contributed by atoms with Gasteiger partial charge in [0.1, 0.15) is 0 Å². The third kappa shape index (κ3) is 5.73. The summed E-state index contributed by atoms with van der Waals surface area (Å²) < 4.78 is 0. The van der Waals surface area contributed by atoms with Gasteiger partial charge in [-0.3, -0.25) is 0 Å². The molecular weight excluding hydrogens is 218 g/mol. The highest BCUT2D eigenvalue weighted by molar-refractivity contribution is 4.81. The first-order valence-corrected chi connectivity index (χ1v) is 8.34. The van der Waals surface area contributed by atoms with E-state index in [4.69, 9.17) is 0 Å². The summed E-state index contributed by atoms with van der Waals surface area (Å²) in [5.74, 6) is 2.86. The smallest absolute Gasteiger partial charge is 0.00923 e. The van der Waals surface area contributed by atoms with Crippen molar-refractivity contribution in [3.05, 3.63) is 0 Å². The topological polar surface area (TPSA) is 12.0 Å². The van der Waals surface area contributed by atoms with Gasteiger partial charge in [-0.2, -0.15) is 0 Å². The van der Waals surface area contributed by atoms with E-state index in [1.807, 2.05) is 0 Å². The molecule has 1 unspecified atom stereocenters. The summed E-state index contributed by atoms with van der Waals surface area (Å²) in [5.41, 5.74) is 0. The summed E-state index contributed by atoms with van der Waals surface area (Å²) in [6, 6.07) is 0.784. The van der Waals surface area contributed by atoms with Crippen molar-refractivity contribution in [2.24, 2.45) is 17.8 Å². The van der Waals surface area contributed by atoms with Crippen LogP contribution in [0.1, 0.15) is 78.6 Å². The molecule has 18 heavy (non-hydrogen) atoms. The van der Waals surface area contributed by atoms with E-state index in [-0.39, 0.29) is 0 Å². The van der Waals surface area contributed by atoms with E-state index in [1.165, 1.54) is 57.8 Å². The first kappa shape index (κ1) is 16.0. The zero-order valence-corrected chi connectivity index (χ0v) is 13.2. The second-order valence-corrected chi connectivity index (χ2v) is 6.79. The normalized spacial score (nSPS) is 26.5. The maximum Gasteiger partial charge on any atom is 0.00923 e. The van der Waals surface area contributed by atoms with Gasteiger partial charge in [0.2, 0.25) is 0 Å². The number of hydrogen-bond acceptors (Lipinski definition) is 1. The van der Waals surface area contributed by atoms with Crippen LogP contribution in [0.5, 0.6) is 0 Å². The third-order valence-electron chi connectivity index (χ3n) is 4.82. The predicted octanol–water partition coefficient (Wildman–Crippen LogP) is 5.01. The van der Waals surface area contributed by atoms with Crippen molar-refractivity contribution in [3.63, 3.8) is 0 Å². The maximum atomic E-state index is 3.59. The number of hydrogen-bond donors (Lipinski definition) is 1. The quantitative estimate of drug-likeness (QED) is 0.641. The molecule has 0 saturated heterocycles. The van der Waals surface area contributed by atoms with Crippen LogP contribution < -0.4 is 5.32 Å². The number of nitrogens with one attached hydrogen (secondary N) is 1. The van der Waals surface area contributed by atoms with Gasteiger partial charge >= 0.3 is 0 Å². The average Bonchev–Trinajstić information content (AvgIpc) is 2.36. The van der Waals surface area contributed by atoms with Crippen molar-refractivity contribution in [2.45, 2.75) is 84.6 Å². The minimum Gasteiger partial charge on any atom is -0.317 e. The molecule has 1 fully saturated rings. The fourth-order valence-electron chi connectivity index (χ4n) is 3.65. The van der Waals surface area contributed by atoms with E-state index in [1.54, 1.807) is 0 Å². The Balaban J connectivity index is 2.25. The molecule has 1 atom stereocenters. The number of rotatable bonds is 8. The Kier molecular flexibility index (Phi) is 7.97. The molecule has 0 aromatic carbocycles. The van der Waals surface area contributed by atoms with Crippen molar-refractivity contribution in [1.29, 1.82) is 0 Å². The molecule has 1 aliphatic carbocycles. The lowest BCUT2D eigenvalue weighted by Crippen LogP contribution is -2.36. The minimum absolute atomic E-state index is 0.784. The molecule has 1 aliphatic rings. The molecule has 1 rings (SSSR count). The van der Waals surface area contributed by atoms with Gasteiger partial charge < -0.3 is 5.32 Å². The van der Waals surface area contributed by atoms with Crippen LogP contribution in [0.25, 0.3) is 0 Å². The largest absolute Gasteiger partial charge is 0.317 e. The Labute approximate surface area is 115 Å². The van der Waals surface area contributed by atoms with Crippen LogP contribution >= 0.6 is 0 Å². The molecule has 1 saturated carbocycles. The van der Waals surface area contributed by atoms with Gasteiger partial charge in [0.15, 0.2) is 0 Å². The molecule has 0 radical (unpaired) electrons. The molecule has 1 heteroatoms.